The molecule has 3 heterocycles. The zero-order valence-electron chi connectivity index (χ0n) is 21.2. The third-order valence-corrected chi connectivity index (χ3v) is 9.52. The number of hydrogen-bond donors (Lipinski definition) is 1. The van der Waals surface area contributed by atoms with Crippen LogP contribution in [0.15, 0.2) is 62.4 Å². The van der Waals surface area contributed by atoms with Crippen LogP contribution in [0.1, 0.15) is 44.4 Å². The zero-order valence-corrected chi connectivity index (χ0v) is 23.6. The summed E-state index contributed by atoms with van der Waals surface area (Å²) in [7, 11) is -3.51. The number of nitrogens with zero attached hydrogens (tertiary/aromatic N) is 4. The predicted molar refractivity (Wildman–Crippen MR) is 148 cm³/mol. The number of halogens is 1. The summed E-state index contributed by atoms with van der Waals surface area (Å²) in [5, 5.41) is 7.07. The van der Waals surface area contributed by atoms with Crippen LogP contribution < -0.4 is 5.32 Å². The summed E-state index contributed by atoms with van der Waals surface area (Å²) in [5.74, 6) is 0.797. The van der Waals surface area contributed by atoms with Gasteiger partial charge in [-0.25, -0.2) is 8.42 Å². The molecule has 0 aliphatic carbocycles. The molecule has 0 bridgehead atoms. The van der Waals surface area contributed by atoms with E-state index in [2.05, 4.69) is 36.3 Å². The van der Waals surface area contributed by atoms with Crippen LogP contribution in [0.3, 0.4) is 0 Å². The fourth-order valence-corrected chi connectivity index (χ4v) is 6.97. The Balaban J connectivity index is 1.17. The van der Waals surface area contributed by atoms with E-state index >= 15 is 0 Å². The van der Waals surface area contributed by atoms with E-state index < -0.39 is 10.0 Å². The minimum atomic E-state index is -3.51. The van der Waals surface area contributed by atoms with Gasteiger partial charge < -0.3 is 9.84 Å². The molecular weight excluding hydrogens is 570 g/mol. The second kappa shape index (κ2) is 12.1. The van der Waals surface area contributed by atoms with Crippen LogP contribution in [0.4, 0.5) is 5.69 Å². The van der Waals surface area contributed by atoms with Gasteiger partial charge in [-0.15, -0.1) is 0 Å². The molecule has 0 radical (unpaired) electrons. The summed E-state index contributed by atoms with van der Waals surface area (Å²) in [4.78, 5) is 20.0. The lowest BCUT2D eigenvalue weighted by Gasteiger charge is -2.30. The van der Waals surface area contributed by atoms with Crippen molar-refractivity contribution in [1.82, 2.24) is 19.3 Å². The van der Waals surface area contributed by atoms with Crippen LogP contribution >= 0.6 is 15.9 Å². The van der Waals surface area contributed by atoms with Gasteiger partial charge in [0.05, 0.1) is 17.4 Å². The highest BCUT2D eigenvalue weighted by Gasteiger charge is 2.28. The molecule has 9 nitrogen and oxygen atoms in total. The first-order valence-corrected chi connectivity index (χ1v) is 15.3. The molecule has 202 valence electrons. The monoisotopic (exact) mass is 601 g/mol. The molecule has 2 aliphatic rings. The van der Waals surface area contributed by atoms with Gasteiger partial charge in [-0.2, -0.15) is 9.29 Å². The Morgan fingerprint density at radius 2 is 1.79 bits per heavy atom. The zero-order chi connectivity index (χ0) is 26.5. The molecule has 0 saturated carbocycles. The number of piperidine rings is 1. The fraction of sp³-hybridized carbons (Fsp3) is 0.444. The molecule has 2 aliphatic heterocycles. The molecular formula is C27H32BrN5O4S. The third kappa shape index (κ3) is 6.51. The van der Waals surface area contributed by atoms with Gasteiger partial charge in [0.2, 0.25) is 27.6 Å². The number of anilines is 1. The highest BCUT2D eigenvalue weighted by atomic mass is 79.9. The van der Waals surface area contributed by atoms with Crippen molar-refractivity contribution in [1.29, 1.82) is 0 Å². The van der Waals surface area contributed by atoms with Gasteiger partial charge in [-0.3, -0.25) is 9.69 Å². The lowest BCUT2D eigenvalue weighted by molar-refractivity contribution is -0.121. The number of carbonyl (C=O) groups excluding carboxylic acids is 1. The molecule has 2 saturated heterocycles. The number of nitrogens with one attached hydrogen (secondary N) is 1. The summed E-state index contributed by atoms with van der Waals surface area (Å²) < 4.78 is 34.0. The van der Waals surface area contributed by atoms with E-state index in [0.29, 0.717) is 43.6 Å². The van der Waals surface area contributed by atoms with E-state index in [0.717, 1.165) is 55.1 Å². The second-order valence-electron chi connectivity index (χ2n) is 9.93. The molecule has 2 fully saturated rings. The van der Waals surface area contributed by atoms with Crippen LogP contribution in [0.5, 0.6) is 0 Å². The Bertz CT molecular complexity index is 1350. The highest BCUT2D eigenvalue weighted by Crippen LogP contribution is 2.25. The number of aromatic nitrogens is 2. The summed E-state index contributed by atoms with van der Waals surface area (Å²) in [6.07, 6.45) is 5.60. The number of benzene rings is 2. The number of sulfonamides is 1. The Morgan fingerprint density at radius 3 is 2.53 bits per heavy atom. The first kappa shape index (κ1) is 27.0. The average molecular weight is 603 g/mol. The van der Waals surface area contributed by atoms with E-state index in [1.165, 1.54) is 0 Å². The summed E-state index contributed by atoms with van der Waals surface area (Å²) in [6, 6.07) is 14.2. The molecule has 5 rings (SSSR count). The lowest BCUT2D eigenvalue weighted by Crippen LogP contribution is -2.40. The Kier molecular flexibility index (Phi) is 8.57. The highest BCUT2D eigenvalue weighted by molar-refractivity contribution is 9.10. The van der Waals surface area contributed by atoms with Crippen molar-refractivity contribution in [3.8, 4) is 11.4 Å². The van der Waals surface area contributed by atoms with E-state index in [1.54, 1.807) is 28.6 Å². The molecule has 1 N–H and O–H groups in total. The normalized spacial score (nSPS) is 19.7. The Labute approximate surface area is 231 Å². The third-order valence-electron chi connectivity index (χ3n) is 7.11. The maximum atomic E-state index is 13.0. The standard InChI is InChI=1S/C27H32BrN5O4S/c28-22-9-5-7-20(17-22)26-30-25(37-31-26)19-32-14-6-8-21(18-32)27(34)29-23-10-12-24(13-11-23)38(35,36)33-15-3-1-2-4-16-33/h5,7,9-13,17,21H,1-4,6,8,14-16,18-19H2,(H,29,34). The summed E-state index contributed by atoms with van der Waals surface area (Å²) in [5.41, 5.74) is 1.47. The van der Waals surface area contributed by atoms with Gasteiger partial charge in [-0.05, 0) is 68.6 Å². The van der Waals surface area contributed by atoms with Crippen molar-refractivity contribution in [3.63, 3.8) is 0 Å². The molecule has 38 heavy (non-hydrogen) atoms. The van der Waals surface area contributed by atoms with E-state index in [9.17, 15) is 13.2 Å². The predicted octanol–water partition coefficient (Wildman–Crippen LogP) is 4.91. The van der Waals surface area contributed by atoms with Crippen LogP contribution in [-0.2, 0) is 21.4 Å². The van der Waals surface area contributed by atoms with Crippen molar-refractivity contribution < 1.29 is 17.7 Å². The van der Waals surface area contributed by atoms with E-state index in [4.69, 9.17) is 4.52 Å². The van der Waals surface area contributed by atoms with Crippen molar-refractivity contribution in [2.24, 2.45) is 5.92 Å². The van der Waals surface area contributed by atoms with Gasteiger partial charge in [-0.1, -0.05) is 46.1 Å². The first-order chi connectivity index (χ1) is 18.4. The van der Waals surface area contributed by atoms with Gasteiger partial charge in [0, 0.05) is 35.4 Å². The number of rotatable bonds is 7. The SMILES string of the molecule is O=C(Nc1ccc(S(=O)(=O)N2CCCCCC2)cc1)C1CCCN(Cc2nc(-c3cccc(Br)c3)no2)C1. The molecule has 11 heteroatoms. The molecule has 3 aromatic rings. The van der Waals surface area contributed by atoms with Crippen molar-refractivity contribution in [2.75, 3.05) is 31.5 Å². The molecule has 1 atom stereocenters. The minimum absolute atomic E-state index is 0.0711. The molecule has 0 spiro atoms. The van der Waals surface area contributed by atoms with Gasteiger partial charge >= 0.3 is 0 Å². The maximum Gasteiger partial charge on any atom is 0.243 e. The van der Waals surface area contributed by atoms with Crippen LogP contribution in [0.25, 0.3) is 11.4 Å². The van der Waals surface area contributed by atoms with Crippen LogP contribution in [0, 0.1) is 5.92 Å². The lowest BCUT2D eigenvalue weighted by atomic mass is 9.97. The van der Waals surface area contributed by atoms with Crippen molar-refractivity contribution in [3.05, 3.63) is 58.9 Å². The molecule has 1 unspecified atom stereocenters. The van der Waals surface area contributed by atoms with E-state index in [-0.39, 0.29) is 16.7 Å². The van der Waals surface area contributed by atoms with Gasteiger partial charge in [0.1, 0.15) is 0 Å². The Hall–Kier alpha value is -2.60. The number of likely N-dealkylation sites (tertiary alicyclic amines) is 1. The maximum absolute atomic E-state index is 13.0. The summed E-state index contributed by atoms with van der Waals surface area (Å²) in [6.45, 7) is 3.04. The topological polar surface area (TPSA) is 109 Å². The van der Waals surface area contributed by atoms with Crippen LogP contribution in [-0.4, -0.2) is 59.8 Å². The number of amides is 1. The average Bonchev–Trinajstić information content (AvgIpc) is 3.20. The quantitative estimate of drug-likeness (QED) is 0.409. The van der Waals surface area contributed by atoms with Gasteiger partial charge in [0.25, 0.3) is 0 Å². The summed E-state index contributed by atoms with van der Waals surface area (Å²) >= 11 is 3.46. The van der Waals surface area contributed by atoms with Crippen molar-refractivity contribution >= 4 is 37.5 Å². The molecule has 1 amide bonds. The number of carbonyl (C=O) groups is 1. The van der Waals surface area contributed by atoms with E-state index in [1.807, 2.05) is 24.3 Å². The Morgan fingerprint density at radius 1 is 1.03 bits per heavy atom. The second-order valence-corrected chi connectivity index (χ2v) is 12.8. The van der Waals surface area contributed by atoms with Crippen LogP contribution in [0.2, 0.25) is 0 Å². The minimum Gasteiger partial charge on any atom is -0.338 e. The smallest absolute Gasteiger partial charge is 0.243 e. The molecule has 2 aromatic carbocycles. The van der Waals surface area contributed by atoms with Crippen molar-refractivity contribution in [2.45, 2.75) is 50.0 Å². The number of hydrogen-bond acceptors (Lipinski definition) is 7. The first-order valence-electron chi connectivity index (χ1n) is 13.1. The molecule has 1 aromatic heterocycles. The largest absolute Gasteiger partial charge is 0.338 e. The fourth-order valence-electron chi connectivity index (χ4n) is 5.05. The van der Waals surface area contributed by atoms with Gasteiger partial charge in [0.15, 0.2) is 0 Å².